The molecule has 1 heterocycles. The predicted octanol–water partition coefficient (Wildman–Crippen LogP) is 2.30. The zero-order valence-corrected chi connectivity index (χ0v) is 13.4. The van der Waals surface area contributed by atoms with Gasteiger partial charge in [-0.15, -0.1) is 0 Å². The van der Waals surface area contributed by atoms with E-state index in [0.29, 0.717) is 31.7 Å². The van der Waals surface area contributed by atoms with E-state index in [0.717, 1.165) is 5.56 Å². The van der Waals surface area contributed by atoms with Gasteiger partial charge in [-0.25, -0.2) is 4.39 Å². The van der Waals surface area contributed by atoms with Gasteiger partial charge in [0.15, 0.2) is 0 Å². The molecule has 1 aliphatic rings. The molecule has 0 bridgehead atoms. The van der Waals surface area contributed by atoms with E-state index in [1.165, 1.54) is 6.07 Å². The van der Waals surface area contributed by atoms with Gasteiger partial charge in [-0.1, -0.05) is 48.5 Å². The topological polar surface area (TPSA) is 55.6 Å². The molecule has 0 saturated carbocycles. The number of hydrogen-bond acceptors (Lipinski definition) is 3. The quantitative estimate of drug-likeness (QED) is 0.937. The fraction of sp³-hybridized carbons (Fsp3) is 0.316. The molecule has 1 aliphatic heterocycles. The number of benzene rings is 2. The summed E-state index contributed by atoms with van der Waals surface area (Å²) in [6.45, 7) is 1.18. The van der Waals surface area contributed by atoms with Gasteiger partial charge >= 0.3 is 0 Å². The summed E-state index contributed by atoms with van der Waals surface area (Å²) >= 11 is 0. The molecule has 2 aromatic rings. The lowest BCUT2D eigenvalue weighted by molar-refractivity contribution is -0.140. The van der Waals surface area contributed by atoms with Crippen molar-refractivity contribution >= 4 is 5.91 Å². The van der Waals surface area contributed by atoms with Gasteiger partial charge < -0.3 is 15.4 Å². The number of nitrogens with zero attached hydrogens (tertiary/aromatic N) is 1. The highest BCUT2D eigenvalue weighted by molar-refractivity contribution is 5.82. The summed E-state index contributed by atoms with van der Waals surface area (Å²) in [5.41, 5.74) is 7.59. The van der Waals surface area contributed by atoms with Crippen molar-refractivity contribution in [3.8, 4) is 0 Å². The maximum atomic E-state index is 13.9. The van der Waals surface area contributed by atoms with Crippen LogP contribution in [0.5, 0.6) is 0 Å². The molecule has 5 heteroatoms. The van der Waals surface area contributed by atoms with Crippen LogP contribution in [-0.4, -0.2) is 36.5 Å². The first kappa shape index (κ1) is 16.6. The fourth-order valence-corrected chi connectivity index (χ4v) is 2.96. The van der Waals surface area contributed by atoms with E-state index in [2.05, 4.69) is 0 Å². The Morgan fingerprint density at radius 1 is 1.21 bits per heavy atom. The van der Waals surface area contributed by atoms with Crippen LogP contribution < -0.4 is 5.73 Å². The molecule has 126 valence electrons. The summed E-state index contributed by atoms with van der Waals surface area (Å²) in [6.07, 6.45) is 0.0364. The number of ether oxygens (including phenoxy) is 1. The summed E-state index contributed by atoms with van der Waals surface area (Å²) in [4.78, 5) is 14.3. The maximum Gasteiger partial charge on any atom is 0.240 e. The maximum absolute atomic E-state index is 13.9. The van der Waals surface area contributed by atoms with Crippen LogP contribution in [0, 0.1) is 5.82 Å². The first-order valence-electron chi connectivity index (χ1n) is 8.09. The zero-order valence-electron chi connectivity index (χ0n) is 13.4. The highest BCUT2D eigenvalue weighted by Gasteiger charge is 2.29. The minimum atomic E-state index is -0.605. The molecule has 1 saturated heterocycles. The van der Waals surface area contributed by atoms with Crippen molar-refractivity contribution in [2.75, 3.05) is 19.7 Å². The van der Waals surface area contributed by atoms with Gasteiger partial charge in [-0.05, 0) is 18.1 Å². The first-order valence-corrected chi connectivity index (χ1v) is 8.09. The third-order valence-electron chi connectivity index (χ3n) is 4.25. The molecule has 1 amide bonds. The van der Waals surface area contributed by atoms with E-state index in [9.17, 15) is 9.18 Å². The number of carbonyl (C=O) groups excluding carboxylic acids is 1. The van der Waals surface area contributed by atoms with Crippen molar-refractivity contribution in [3.63, 3.8) is 0 Å². The molecule has 0 aliphatic carbocycles. The lowest BCUT2D eigenvalue weighted by atomic mass is 10.0. The average Bonchev–Trinajstić information content (AvgIpc) is 2.62. The normalized spacial score (nSPS) is 19.1. The fourth-order valence-electron chi connectivity index (χ4n) is 2.96. The third-order valence-corrected chi connectivity index (χ3v) is 4.25. The Bertz CT molecular complexity index is 693. The van der Waals surface area contributed by atoms with E-state index >= 15 is 0 Å². The highest BCUT2D eigenvalue weighted by Crippen LogP contribution is 2.24. The van der Waals surface area contributed by atoms with Crippen molar-refractivity contribution < 1.29 is 13.9 Å². The van der Waals surface area contributed by atoms with Crippen LogP contribution in [0.4, 0.5) is 4.39 Å². The highest BCUT2D eigenvalue weighted by atomic mass is 19.1. The van der Waals surface area contributed by atoms with Crippen LogP contribution in [0.25, 0.3) is 0 Å². The lowest BCUT2D eigenvalue weighted by Crippen LogP contribution is -2.50. The Morgan fingerprint density at radius 2 is 1.92 bits per heavy atom. The molecule has 2 atom stereocenters. The van der Waals surface area contributed by atoms with Crippen LogP contribution in [0.3, 0.4) is 0 Å². The first-order chi connectivity index (χ1) is 11.6. The molecule has 0 aromatic heterocycles. The molecular weight excluding hydrogens is 307 g/mol. The smallest absolute Gasteiger partial charge is 0.240 e. The molecule has 3 rings (SSSR count). The number of nitrogens with two attached hydrogens (primary N) is 1. The monoisotopic (exact) mass is 328 g/mol. The van der Waals surface area contributed by atoms with E-state index in [1.54, 1.807) is 23.1 Å². The Morgan fingerprint density at radius 3 is 2.67 bits per heavy atom. The van der Waals surface area contributed by atoms with Crippen LogP contribution in [-0.2, 0) is 16.0 Å². The van der Waals surface area contributed by atoms with Crippen LogP contribution in [0.2, 0.25) is 0 Å². The van der Waals surface area contributed by atoms with Crippen molar-refractivity contribution in [1.82, 2.24) is 4.90 Å². The van der Waals surface area contributed by atoms with Crippen LogP contribution in [0.1, 0.15) is 17.2 Å². The number of hydrogen-bond donors (Lipinski definition) is 1. The van der Waals surface area contributed by atoms with E-state index < -0.39 is 12.1 Å². The van der Waals surface area contributed by atoms with Gasteiger partial charge in [0.1, 0.15) is 11.9 Å². The molecule has 0 radical (unpaired) electrons. The Balaban J connectivity index is 1.66. The van der Waals surface area contributed by atoms with Gasteiger partial charge in [-0.3, -0.25) is 4.79 Å². The number of morpholine rings is 1. The second kappa shape index (κ2) is 7.55. The Hall–Kier alpha value is -2.24. The second-order valence-electron chi connectivity index (χ2n) is 5.96. The van der Waals surface area contributed by atoms with Crippen molar-refractivity contribution in [1.29, 1.82) is 0 Å². The van der Waals surface area contributed by atoms with E-state index in [4.69, 9.17) is 10.5 Å². The van der Waals surface area contributed by atoms with Gasteiger partial charge in [0.2, 0.25) is 5.91 Å². The largest absolute Gasteiger partial charge is 0.370 e. The minimum absolute atomic E-state index is 0.122. The molecule has 2 N–H and O–H groups in total. The zero-order chi connectivity index (χ0) is 16.9. The SMILES string of the molecule is N[C@@H](Cc1ccccc1)C(=O)N1CCO[C@H](c2ccccc2F)C1. The van der Waals surface area contributed by atoms with Gasteiger partial charge in [0.25, 0.3) is 0 Å². The number of carbonyl (C=O) groups is 1. The van der Waals surface area contributed by atoms with Crippen molar-refractivity contribution in [2.24, 2.45) is 5.73 Å². The average molecular weight is 328 g/mol. The number of halogens is 1. The summed E-state index contributed by atoms with van der Waals surface area (Å²) < 4.78 is 19.6. The van der Waals surface area contributed by atoms with Crippen LogP contribution in [0.15, 0.2) is 54.6 Å². The lowest BCUT2D eigenvalue weighted by Gasteiger charge is -2.34. The van der Waals surface area contributed by atoms with Gasteiger partial charge in [-0.2, -0.15) is 0 Å². The Kier molecular flexibility index (Phi) is 5.23. The standard InChI is InChI=1S/C19H21FN2O2/c20-16-9-5-4-8-15(16)18-13-22(10-11-24-18)19(23)17(21)12-14-6-2-1-3-7-14/h1-9,17-18H,10-13,21H2/t17-,18-/m0/s1. The molecule has 0 unspecified atom stereocenters. The summed E-state index contributed by atoms with van der Waals surface area (Å²) in [5, 5.41) is 0. The summed E-state index contributed by atoms with van der Waals surface area (Å²) in [5.74, 6) is -0.436. The third kappa shape index (κ3) is 3.80. The van der Waals surface area contributed by atoms with Gasteiger partial charge in [0, 0.05) is 12.1 Å². The molecule has 24 heavy (non-hydrogen) atoms. The molecular formula is C19H21FN2O2. The minimum Gasteiger partial charge on any atom is -0.370 e. The number of amides is 1. The molecule has 0 spiro atoms. The Labute approximate surface area is 141 Å². The van der Waals surface area contributed by atoms with Crippen molar-refractivity contribution in [3.05, 3.63) is 71.5 Å². The van der Waals surface area contributed by atoms with E-state index in [1.807, 2.05) is 30.3 Å². The molecule has 4 nitrogen and oxygen atoms in total. The summed E-state index contributed by atoms with van der Waals surface area (Å²) in [6, 6.07) is 15.6. The van der Waals surface area contributed by atoms with Crippen LogP contribution >= 0.6 is 0 Å². The van der Waals surface area contributed by atoms with E-state index in [-0.39, 0.29) is 11.7 Å². The molecule has 1 fully saturated rings. The second-order valence-corrected chi connectivity index (χ2v) is 5.96. The summed E-state index contributed by atoms with van der Waals surface area (Å²) in [7, 11) is 0. The number of rotatable bonds is 4. The van der Waals surface area contributed by atoms with Gasteiger partial charge in [0.05, 0.1) is 19.2 Å². The van der Waals surface area contributed by atoms with Crippen molar-refractivity contribution in [2.45, 2.75) is 18.6 Å². The molecule has 2 aromatic carbocycles. The predicted molar refractivity (Wildman–Crippen MR) is 89.8 cm³/mol.